The maximum absolute atomic E-state index is 13.6. The SMILES string of the molecule is COC(=O)CCN(C)S(=O)(=O)Nc1cc(OC)ccc1F. The lowest BCUT2D eigenvalue weighted by Gasteiger charge is -2.18. The van der Waals surface area contributed by atoms with Gasteiger partial charge in [0.1, 0.15) is 11.6 Å². The Morgan fingerprint density at radius 1 is 1.38 bits per heavy atom. The maximum Gasteiger partial charge on any atom is 0.306 e. The molecule has 7 nitrogen and oxygen atoms in total. The zero-order valence-corrected chi connectivity index (χ0v) is 12.7. The molecule has 0 radical (unpaired) electrons. The van der Waals surface area contributed by atoms with Crippen molar-refractivity contribution in [3.8, 4) is 5.75 Å². The number of rotatable bonds is 7. The third-order valence-corrected chi connectivity index (χ3v) is 4.16. The highest BCUT2D eigenvalue weighted by atomic mass is 32.2. The molecule has 0 saturated carbocycles. The van der Waals surface area contributed by atoms with Crippen LogP contribution in [0, 0.1) is 5.82 Å². The topological polar surface area (TPSA) is 84.9 Å². The van der Waals surface area contributed by atoms with Crippen LogP contribution in [0.25, 0.3) is 0 Å². The molecule has 9 heteroatoms. The molecule has 0 aromatic heterocycles. The van der Waals surface area contributed by atoms with Gasteiger partial charge in [0.05, 0.1) is 26.3 Å². The lowest BCUT2D eigenvalue weighted by molar-refractivity contribution is -0.140. The van der Waals surface area contributed by atoms with Crippen LogP contribution in [0.1, 0.15) is 6.42 Å². The number of halogens is 1. The van der Waals surface area contributed by atoms with E-state index in [4.69, 9.17) is 4.74 Å². The summed E-state index contributed by atoms with van der Waals surface area (Å²) in [5, 5.41) is 0. The first-order valence-electron chi connectivity index (χ1n) is 5.94. The van der Waals surface area contributed by atoms with Gasteiger partial charge in [-0.05, 0) is 12.1 Å². The van der Waals surface area contributed by atoms with Crippen molar-refractivity contribution >= 4 is 21.9 Å². The highest BCUT2D eigenvalue weighted by Gasteiger charge is 2.20. The average Bonchev–Trinajstić information content (AvgIpc) is 2.46. The first kappa shape index (κ1) is 17.2. The molecule has 1 aromatic rings. The second-order valence-electron chi connectivity index (χ2n) is 4.10. The minimum atomic E-state index is -3.98. The van der Waals surface area contributed by atoms with E-state index in [1.807, 2.05) is 0 Å². The molecule has 0 bridgehead atoms. The number of ether oxygens (including phenoxy) is 2. The minimum absolute atomic E-state index is 0.0897. The molecule has 0 amide bonds. The smallest absolute Gasteiger partial charge is 0.306 e. The highest BCUT2D eigenvalue weighted by molar-refractivity contribution is 7.90. The summed E-state index contributed by atoms with van der Waals surface area (Å²) in [7, 11) is -0.126. The molecule has 0 heterocycles. The van der Waals surface area contributed by atoms with E-state index in [1.54, 1.807) is 0 Å². The number of hydrogen-bond acceptors (Lipinski definition) is 5. The number of benzene rings is 1. The van der Waals surface area contributed by atoms with Crippen LogP contribution >= 0.6 is 0 Å². The molecule has 0 unspecified atom stereocenters. The molecular weight excluding hydrogens is 303 g/mol. The van der Waals surface area contributed by atoms with Gasteiger partial charge in [-0.1, -0.05) is 0 Å². The van der Waals surface area contributed by atoms with Crippen LogP contribution in [0.4, 0.5) is 10.1 Å². The van der Waals surface area contributed by atoms with E-state index in [-0.39, 0.29) is 18.7 Å². The van der Waals surface area contributed by atoms with Crippen molar-refractivity contribution < 1.29 is 27.1 Å². The average molecular weight is 320 g/mol. The van der Waals surface area contributed by atoms with Crippen LogP contribution in [0.15, 0.2) is 18.2 Å². The van der Waals surface area contributed by atoms with Crippen LogP contribution in [0.3, 0.4) is 0 Å². The monoisotopic (exact) mass is 320 g/mol. The van der Waals surface area contributed by atoms with Crippen molar-refractivity contribution in [1.82, 2.24) is 4.31 Å². The Balaban J connectivity index is 2.82. The normalized spacial score (nSPS) is 11.3. The van der Waals surface area contributed by atoms with E-state index in [0.717, 1.165) is 10.4 Å². The lowest BCUT2D eigenvalue weighted by Crippen LogP contribution is -2.34. The third kappa shape index (κ3) is 4.87. The Kier molecular flexibility index (Phi) is 5.91. The Hall–Kier alpha value is -1.87. The molecule has 0 fully saturated rings. The van der Waals surface area contributed by atoms with Crippen molar-refractivity contribution in [3.05, 3.63) is 24.0 Å². The first-order chi connectivity index (χ1) is 9.80. The van der Waals surface area contributed by atoms with E-state index >= 15 is 0 Å². The van der Waals surface area contributed by atoms with E-state index in [0.29, 0.717) is 5.75 Å². The van der Waals surface area contributed by atoms with E-state index in [1.165, 1.54) is 33.4 Å². The van der Waals surface area contributed by atoms with Gasteiger partial charge < -0.3 is 9.47 Å². The summed E-state index contributed by atoms with van der Waals surface area (Å²) in [6, 6.07) is 3.68. The molecule has 1 aromatic carbocycles. The Labute approximate surface area is 122 Å². The molecule has 0 aliphatic carbocycles. The van der Waals surface area contributed by atoms with Gasteiger partial charge in [-0.2, -0.15) is 12.7 Å². The van der Waals surface area contributed by atoms with E-state index < -0.39 is 22.0 Å². The summed E-state index contributed by atoms with van der Waals surface area (Å²) in [5.41, 5.74) is -0.237. The van der Waals surface area contributed by atoms with Gasteiger partial charge in [-0.15, -0.1) is 0 Å². The predicted octanol–water partition coefficient (Wildman–Crippen LogP) is 0.986. The molecule has 0 aliphatic heterocycles. The van der Waals surface area contributed by atoms with Gasteiger partial charge in [0.25, 0.3) is 0 Å². The first-order valence-corrected chi connectivity index (χ1v) is 7.38. The zero-order valence-electron chi connectivity index (χ0n) is 11.9. The van der Waals surface area contributed by atoms with Crippen molar-refractivity contribution in [2.45, 2.75) is 6.42 Å². The molecule has 0 spiro atoms. The Morgan fingerprint density at radius 2 is 2.05 bits per heavy atom. The van der Waals surface area contributed by atoms with Crippen LogP contribution < -0.4 is 9.46 Å². The van der Waals surface area contributed by atoms with Gasteiger partial charge in [-0.25, -0.2) is 4.39 Å². The van der Waals surface area contributed by atoms with Crippen molar-refractivity contribution in [2.24, 2.45) is 0 Å². The fourth-order valence-electron chi connectivity index (χ4n) is 1.40. The standard InChI is InChI=1S/C12H17FN2O5S/c1-15(7-6-12(16)20-3)21(17,18)14-11-8-9(19-2)4-5-10(11)13/h4-5,8,14H,6-7H2,1-3H3. The largest absolute Gasteiger partial charge is 0.497 e. The zero-order chi connectivity index (χ0) is 16.0. The summed E-state index contributed by atoms with van der Waals surface area (Å²) >= 11 is 0. The number of carbonyl (C=O) groups excluding carboxylic acids is 1. The van der Waals surface area contributed by atoms with Crippen LogP contribution in [0.5, 0.6) is 5.75 Å². The van der Waals surface area contributed by atoms with Gasteiger partial charge in [0, 0.05) is 19.7 Å². The predicted molar refractivity (Wildman–Crippen MR) is 74.8 cm³/mol. The molecule has 21 heavy (non-hydrogen) atoms. The fourth-order valence-corrected chi connectivity index (χ4v) is 2.32. The Morgan fingerprint density at radius 3 is 2.62 bits per heavy atom. The van der Waals surface area contributed by atoms with Crippen LogP contribution in [-0.2, 0) is 19.7 Å². The second kappa shape index (κ2) is 7.23. The summed E-state index contributed by atoms with van der Waals surface area (Å²) in [5.74, 6) is -0.961. The number of nitrogens with zero attached hydrogens (tertiary/aromatic N) is 1. The summed E-state index contributed by atoms with van der Waals surface area (Å²) in [6.07, 6.45) is -0.103. The number of methoxy groups -OCH3 is 2. The second-order valence-corrected chi connectivity index (χ2v) is 5.88. The number of nitrogens with one attached hydrogen (secondary N) is 1. The third-order valence-electron chi connectivity index (χ3n) is 2.68. The highest BCUT2D eigenvalue weighted by Crippen LogP contribution is 2.22. The lowest BCUT2D eigenvalue weighted by atomic mass is 10.3. The van der Waals surface area contributed by atoms with Gasteiger partial charge >= 0.3 is 16.2 Å². The molecule has 0 aliphatic rings. The van der Waals surface area contributed by atoms with Crippen LogP contribution in [0.2, 0.25) is 0 Å². The van der Waals surface area contributed by atoms with Gasteiger partial charge in [-0.3, -0.25) is 9.52 Å². The molecule has 1 rings (SSSR count). The van der Waals surface area contributed by atoms with Crippen molar-refractivity contribution in [1.29, 1.82) is 0 Å². The molecule has 118 valence electrons. The van der Waals surface area contributed by atoms with Gasteiger partial charge in [0.15, 0.2) is 0 Å². The minimum Gasteiger partial charge on any atom is -0.497 e. The number of hydrogen-bond donors (Lipinski definition) is 1. The number of carbonyl (C=O) groups is 1. The summed E-state index contributed by atoms with van der Waals surface area (Å²) < 4.78 is 49.9. The molecule has 1 N–H and O–H groups in total. The molecule has 0 atom stereocenters. The number of esters is 1. The van der Waals surface area contributed by atoms with Crippen LogP contribution in [-0.4, -0.2) is 46.5 Å². The van der Waals surface area contributed by atoms with Crippen molar-refractivity contribution in [3.63, 3.8) is 0 Å². The summed E-state index contributed by atoms with van der Waals surface area (Å²) in [6.45, 7) is -0.0897. The quantitative estimate of drug-likeness (QED) is 0.757. The maximum atomic E-state index is 13.6. The molecular formula is C12H17FN2O5S. The summed E-state index contributed by atoms with van der Waals surface area (Å²) in [4.78, 5) is 11.0. The van der Waals surface area contributed by atoms with Crippen molar-refractivity contribution in [2.75, 3.05) is 32.5 Å². The van der Waals surface area contributed by atoms with Gasteiger partial charge in [0.2, 0.25) is 0 Å². The Bertz CT molecular complexity index is 606. The van der Waals surface area contributed by atoms with E-state index in [2.05, 4.69) is 9.46 Å². The van der Waals surface area contributed by atoms with E-state index in [9.17, 15) is 17.6 Å². The molecule has 0 saturated heterocycles. The fraction of sp³-hybridized carbons (Fsp3) is 0.417. The number of anilines is 1.